The second-order valence-corrected chi connectivity index (χ2v) is 10.5. The van der Waals surface area contributed by atoms with Gasteiger partial charge in [0, 0.05) is 23.0 Å². The molecule has 0 aromatic carbocycles. The van der Waals surface area contributed by atoms with Crippen LogP contribution in [0.5, 0.6) is 0 Å². The molecule has 0 radical (unpaired) electrons. The van der Waals surface area contributed by atoms with E-state index in [4.69, 9.17) is 22.0 Å². The number of carbonyl (C=O) groups is 3. The summed E-state index contributed by atoms with van der Waals surface area (Å²) in [6.45, 7) is 1.86. The zero-order valence-electron chi connectivity index (χ0n) is 19.5. The van der Waals surface area contributed by atoms with Crippen LogP contribution in [0.1, 0.15) is 12.7 Å². The van der Waals surface area contributed by atoms with Crippen LogP contribution in [0.4, 0.5) is 16.8 Å². The van der Waals surface area contributed by atoms with Gasteiger partial charge in [-0.3, -0.25) is 14.5 Å². The highest BCUT2D eigenvalue weighted by molar-refractivity contribution is 8.01. The van der Waals surface area contributed by atoms with Crippen molar-refractivity contribution in [2.24, 2.45) is 12.2 Å². The molecule has 0 spiro atoms. The molecule has 2 aliphatic rings. The molecule has 18 heteroatoms. The van der Waals surface area contributed by atoms with E-state index in [0.717, 1.165) is 16.4 Å². The number of carboxylic acid groups (broad SMARTS) is 1. The van der Waals surface area contributed by atoms with Crippen molar-refractivity contribution in [3.63, 3.8) is 0 Å². The molecule has 4 heterocycles. The number of oxime groups is 1. The molecule has 2 aromatic rings. The van der Waals surface area contributed by atoms with Gasteiger partial charge in [-0.2, -0.15) is 9.36 Å². The highest BCUT2D eigenvalue weighted by Gasteiger charge is 2.53. The number of carbonyl (C=O) groups excluding carboxylic acids is 3. The number of aliphatic carboxylic acids is 1. The van der Waals surface area contributed by atoms with E-state index in [2.05, 4.69) is 24.8 Å². The first-order valence-electron chi connectivity index (χ1n) is 10.7. The zero-order chi connectivity index (χ0) is 26.9. The predicted octanol–water partition coefficient (Wildman–Crippen LogP) is -2.56. The molecule has 15 nitrogen and oxygen atoms in total. The standard InChI is InChI=1S/C19H22N10O5S3/c1-3-34-26-10(13-25-18(22)37-27-13)14(30)24-11-15(31)29-12(17(32)33)7(5-35-16(11)29)6-36-19-23-8(20)4-9(21)28(19)2/h4,11,16H,3,5-6H2,1-2H3,(H7,20,21,22,24,25,27,30,32,33)/b26-10-/t11?,16-/m1/s1. The molecule has 2 amide bonds. The van der Waals surface area contributed by atoms with E-state index in [9.17, 15) is 19.5 Å². The van der Waals surface area contributed by atoms with Gasteiger partial charge in [0.1, 0.15) is 18.0 Å². The number of nitrogens with zero attached hydrogens (tertiary/aromatic N) is 6. The summed E-state index contributed by atoms with van der Waals surface area (Å²) in [6, 6.07) is 0.505. The number of β-lactam (4-membered cyclic amide) rings is 1. The zero-order valence-corrected chi connectivity index (χ0v) is 22.0. The third-order valence-electron chi connectivity index (χ3n) is 5.25. The number of hydrogen-bond donors (Lipinski definition) is 4. The Labute approximate surface area is 222 Å². The first-order chi connectivity index (χ1) is 17.6. The van der Waals surface area contributed by atoms with Crippen molar-refractivity contribution in [2.45, 2.75) is 23.5 Å². The molecule has 37 heavy (non-hydrogen) atoms. The number of nitrogen functional groups attached to an aromatic ring is 3. The fraction of sp³-hybridized carbons (Fsp3) is 0.368. The van der Waals surface area contributed by atoms with Gasteiger partial charge in [0.2, 0.25) is 23.2 Å². The summed E-state index contributed by atoms with van der Waals surface area (Å²) < 4.78 is 5.58. The van der Waals surface area contributed by atoms with Gasteiger partial charge in [-0.25, -0.2) is 4.57 Å². The van der Waals surface area contributed by atoms with Crippen LogP contribution in [0.2, 0.25) is 0 Å². The van der Waals surface area contributed by atoms with E-state index >= 15 is 0 Å². The SMILES string of the molecule is CCO/N=C(\C(=O)NC1C(=O)N2C(C(=O)[O-])=C(CSc3nc(N)cc(N)[n+]3C)CS[C@H]12)c1nsc(N)n1. The van der Waals surface area contributed by atoms with Crippen molar-refractivity contribution in [1.29, 1.82) is 0 Å². The van der Waals surface area contributed by atoms with Crippen molar-refractivity contribution in [3.05, 3.63) is 23.2 Å². The third kappa shape index (κ3) is 5.25. The Bertz CT molecular complexity index is 1330. The van der Waals surface area contributed by atoms with Crippen LogP contribution in [-0.4, -0.2) is 72.3 Å². The lowest BCUT2D eigenvalue weighted by Crippen LogP contribution is -2.71. The number of carboxylic acids is 1. The topological polar surface area (TPSA) is 232 Å². The van der Waals surface area contributed by atoms with Crippen molar-refractivity contribution >= 4 is 75.3 Å². The molecule has 0 saturated carbocycles. The van der Waals surface area contributed by atoms with Crippen molar-refractivity contribution in [2.75, 3.05) is 35.3 Å². The summed E-state index contributed by atoms with van der Waals surface area (Å²) in [4.78, 5) is 52.2. The molecule has 2 atom stereocenters. The van der Waals surface area contributed by atoms with Gasteiger partial charge in [-0.15, -0.1) is 11.8 Å². The maximum atomic E-state index is 13.0. The van der Waals surface area contributed by atoms with Gasteiger partial charge in [-0.05, 0) is 24.3 Å². The fourth-order valence-electron chi connectivity index (χ4n) is 3.49. The van der Waals surface area contributed by atoms with Gasteiger partial charge in [0.25, 0.3) is 11.8 Å². The normalized spacial score (nSPS) is 19.4. The molecule has 2 aromatic heterocycles. The number of amides is 2. The van der Waals surface area contributed by atoms with Gasteiger partial charge in [0.05, 0.1) is 24.8 Å². The van der Waals surface area contributed by atoms with Gasteiger partial charge in [-0.1, -0.05) is 10.1 Å². The Hall–Kier alpha value is -3.64. The van der Waals surface area contributed by atoms with E-state index in [-0.39, 0.29) is 46.3 Å². The summed E-state index contributed by atoms with van der Waals surface area (Å²) in [5.41, 5.74) is 17.3. The number of thioether (sulfide) groups is 2. The monoisotopic (exact) mass is 566 g/mol. The smallest absolute Gasteiger partial charge is 0.301 e. The van der Waals surface area contributed by atoms with E-state index in [1.54, 1.807) is 18.5 Å². The van der Waals surface area contributed by atoms with Gasteiger partial charge in [0.15, 0.2) is 5.13 Å². The van der Waals surface area contributed by atoms with Crippen molar-refractivity contribution in [1.82, 2.24) is 24.6 Å². The molecular formula is C19H22N10O5S3. The van der Waals surface area contributed by atoms with E-state index < -0.39 is 29.2 Å². The van der Waals surface area contributed by atoms with Crippen LogP contribution in [0.15, 0.2) is 27.6 Å². The predicted molar refractivity (Wildman–Crippen MR) is 135 cm³/mol. The number of anilines is 3. The Morgan fingerprint density at radius 1 is 1.38 bits per heavy atom. The molecule has 1 saturated heterocycles. The van der Waals surface area contributed by atoms with E-state index in [0.29, 0.717) is 16.5 Å². The van der Waals surface area contributed by atoms with Crippen LogP contribution < -0.4 is 32.2 Å². The van der Waals surface area contributed by atoms with E-state index in [1.165, 1.54) is 29.6 Å². The minimum atomic E-state index is -1.50. The molecule has 196 valence electrons. The minimum Gasteiger partial charge on any atom is -0.543 e. The number of rotatable bonds is 9. The first-order valence-corrected chi connectivity index (χ1v) is 13.5. The van der Waals surface area contributed by atoms with Crippen LogP contribution in [-0.2, 0) is 26.3 Å². The average Bonchev–Trinajstić information content (AvgIpc) is 3.28. The van der Waals surface area contributed by atoms with Crippen LogP contribution >= 0.6 is 35.1 Å². The summed E-state index contributed by atoms with van der Waals surface area (Å²) >= 11 is 3.40. The number of nitrogens with two attached hydrogens (primary N) is 3. The average molecular weight is 567 g/mol. The van der Waals surface area contributed by atoms with Crippen LogP contribution in [0.25, 0.3) is 0 Å². The Morgan fingerprint density at radius 2 is 2.14 bits per heavy atom. The maximum absolute atomic E-state index is 13.0. The van der Waals surface area contributed by atoms with Crippen LogP contribution in [0, 0.1) is 0 Å². The first kappa shape index (κ1) is 26.4. The largest absolute Gasteiger partial charge is 0.543 e. The Balaban J connectivity index is 1.51. The summed E-state index contributed by atoms with van der Waals surface area (Å²) in [7, 11) is 1.70. The van der Waals surface area contributed by atoms with E-state index in [1.807, 2.05) is 0 Å². The third-order valence-corrected chi connectivity index (χ3v) is 8.25. The summed E-state index contributed by atoms with van der Waals surface area (Å²) in [6.07, 6.45) is 0. The van der Waals surface area contributed by atoms with Crippen LogP contribution in [0.3, 0.4) is 0 Å². The van der Waals surface area contributed by atoms with Gasteiger partial charge < -0.3 is 37.3 Å². The maximum Gasteiger partial charge on any atom is 0.301 e. The van der Waals surface area contributed by atoms with Crippen molar-refractivity contribution in [3.8, 4) is 0 Å². The number of fused-ring (bicyclic) bond motifs is 1. The second kappa shape index (κ2) is 10.8. The highest BCUT2D eigenvalue weighted by atomic mass is 32.2. The fourth-order valence-corrected chi connectivity index (χ4v) is 6.41. The number of aromatic nitrogens is 4. The number of hydrogen-bond acceptors (Lipinski definition) is 15. The quantitative estimate of drug-likeness (QED) is 0.0611. The minimum absolute atomic E-state index is 0.0491. The molecule has 2 aliphatic heterocycles. The Morgan fingerprint density at radius 3 is 2.78 bits per heavy atom. The lowest BCUT2D eigenvalue weighted by atomic mass is 10.0. The summed E-state index contributed by atoms with van der Waals surface area (Å²) in [5.74, 6) is -1.81. The second-order valence-electron chi connectivity index (χ2n) is 7.65. The molecule has 1 unspecified atom stereocenters. The van der Waals surface area contributed by atoms with Gasteiger partial charge >= 0.3 is 5.16 Å². The summed E-state index contributed by atoms with van der Waals surface area (Å²) in [5, 5.41) is 18.3. The van der Waals surface area contributed by atoms with Crippen molar-refractivity contribution < 1.29 is 28.9 Å². The molecule has 7 N–H and O–H groups in total. The molecular weight excluding hydrogens is 544 g/mol. The highest BCUT2D eigenvalue weighted by Crippen LogP contribution is 2.41. The number of nitrogens with one attached hydrogen (secondary N) is 1. The molecule has 1 fully saturated rings. The molecule has 0 bridgehead atoms. The molecule has 0 aliphatic carbocycles. The Kier molecular flexibility index (Phi) is 7.69. The lowest BCUT2D eigenvalue weighted by Gasteiger charge is -2.50. The molecule has 4 rings (SSSR count). The lowest BCUT2D eigenvalue weighted by molar-refractivity contribution is -0.698.